The first-order valence-electron chi connectivity index (χ1n) is 14.6. The smallest absolute Gasteiger partial charge is 0.255 e. The topological polar surface area (TPSA) is 177 Å². The van der Waals surface area contributed by atoms with Crippen molar-refractivity contribution in [2.45, 2.75) is 75.6 Å². The van der Waals surface area contributed by atoms with E-state index in [1.54, 1.807) is 20.2 Å². The van der Waals surface area contributed by atoms with Crippen LogP contribution in [0.2, 0.25) is 0 Å². The molecule has 7 N–H and O–H groups in total. The van der Waals surface area contributed by atoms with E-state index in [1.807, 2.05) is 19.0 Å². The fourth-order valence-electron chi connectivity index (χ4n) is 7.88. The molecule has 11 nitrogen and oxygen atoms in total. The summed E-state index contributed by atoms with van der Waals surface area (Å²) in [6, 6.07) is 0.482. The second kappa shape index (κ2) is 10.4. The standard InChI is InChI=1S/C31H42N4O7/c1-30(9-7-6-8-10-30)33-14-16-13-19(36)21-17(23(16)34(2)3)11-15-12-18-24(35(4)5)26(38)22(29(32)41)28(40)31(18,42)27(39)20(15)25(21)37/h13,15,18,24,33,36-37,40,42H,6-12,14H2,1-5H3,(H2,32,41)/t15-,18-,24-,31-/m0/s1. The highest BCUT2D eigenvalue weighted by atomic mass is 16.3. The summed E-state index contributed by atoms with van der Waals surface area (Å²) in [6.45, 7) is 2.72. The number of likely N-dealkylation sites (N-methyl/N-ethyl adjacent to an activating group) is 1. The second-order valence-electron chi connectivity index (χ2n) is 13.1. The molecule has 1 aromatic carbocycles. The number of hydrogen-bond acceptors (Lipinski definition) is 10. The number of carbonyl (C=O) groups is 3. The van der Waals surface area contributed by atoms with Gasteiger partial charge in [0.25, 0.3) is 5.91 Å². The molecule has 4 aliphatic rings. The average Bonchev–Trinajstić information content (AvgIpc) is 2.89. The molecular formula is C31H42N4O7. The Morgan fingerprint density at radius 1 is 1.10 bits per heavy atom. The van der Waals surface area contributed by atoms with Crippen molar-refractivity contribution in [1.82, 2.24) is 10.2 Å². The van der Waals surface area contributed by atoms with Crippen molar-refractivity contribution in [1.29, 1.82) is 0 Å². The minimum absolute atomic E-state index is 0.0171. The van der Waals surface area contributed by atoms with Crippen LogP contribution in [0.15, 0.2) is 23.0 Å². The van der Waals surface area contributed by atoms with Gasteiger partial charge in [-0.1, -0.05) is 19.3 Å². The van der Waals surface area contributed by atoms with Gasteiger partial charge in [-0.25, -0.2) is 0 Å². The highest BCUT2D eigenvalue weighted by Crippen LogP contribution is 2.54. The lowest BCUT2D eigenvalue weighted by Gasteiger charge is -2.50. The average molecular weight is 583 g/mol. The van der Waals surface area contributed by atoms with E-state index >= 15 is 0 Å². The predicted octanol–water partition coefficient (Wildman–Crippen LogP) is 1.84. The molecule has 228 valence electrons. The number of phenolic OH excluding ortho intramolecular Hbond substituents is 1. The van der Waals surface area contributed by atoms with Crippen LogP contribution in [0.5, 0.6) is 5.75 Å². The number of aliphatic hydroxyl groups is 3. The number of rotatable bonds is 6. The van der Waals surface area contributed by atoms with Crippen LogP contribution in [-0.2, 0) is 27.3 Å². The van der Waals surface area contributed by atoms with Crippen molar-refractivity contribution in [2.75, 3.05) is 33.1 Å². The molecule has 0 spiro atoms. The molecule has 2 fully saturated rings. The molecule has 0 aliphatic heterocycles. The molecule has 1 amide bonds. The summed E-state index contributed by atoms with van der Waals surface area (Å²) in [5.41, 5.74) is 4.19. The number of benzene rings is 1. The first kappa shape index (κ1) is 30.1. The van der Waals surface area contributed by atoms with Gasteiger partial charge in [0, 0.05) is 43.4 Å². The van der Waals surface area contributed by atoms with Crippen molar-refractivity contribution < 1.29 is 34.8 Å². The third kappa shape index (κ3) is 4.40. The highest BCUT2D eigenvalue weighted by Gasteiger charge is 2.64. The Morgan fingerprint density at radius 3 is 2.31 bits per heavy atom. The van der Waals surface area contributed by atoms with Gasteiger partial charge in [0.15, 0.2) is 11.4 Å². The Morgan fingerprint density at radius 2 is 1.74 bits per heavy atom. The molecule has 4 atom stereocenters. The Hall–Kier alpha value is -3.41. The van der Waals surface area contributed by atoms with Gasteiger partial charge in [0.05, 0.1) is 11.6 Å². The molecule has 0 aromatic heterocycles. The number of fused-ring (bicyclic) bond motifs is 3. The third-order valence-electron chi connectivity index (χ3n) is 9.88. The summed E-state index contributed by atoms with van der Waals surface area (Å²) in [5.74, 6) is -6.53. The number of ketones is 2. The molecule has 5 rings (SSSR count). The maximum Gasteiger partial charge on any atom is 0.255 e. The number of nitrogens with zero attached hydrogens (tertiary/aromatic N) is 2. The molecule has 0 saturated heterocycles. The summed E-state index contributed by atoms with van der Waals surface area (Å²) in [7, 11) is 6.94. The zero-order valence-electron chi connectivity index (χ0n) is 25.0. The molecule has 0 unspecified atom stereocenters. The minimum atomic E-state index is -2.65. The van der Waals surface area contributed by atoms with E-state index in [1.165, 1.54) is 11.3 Å². The van der Waals surface area contributed by atoms with E-state index in [-0.39, 0.29) is 35.3 Å². The van der Waals surface area contributed by atoms with Gasteiger partial charge in [-0.15, -0.1) is 0 Å². The van der Waals surface area contributed by atoms with Crippen molar-refractivity contribution in [3.05, 3.63) is 39.7 Å². The molecular weight excluding hydrogens is 540 g/mol. The fraction of sp³-hybridized carbons (Fsp3) is 0.581. The number of Topliss-reactive ketones (excluding diaryl/α,β-unsaturated/α-hetero) is 2. The number of primary amides is 1. The number of hydrogen-bond donors (Lipinski definition) is 6. The van der Waals surface area contributed by atoms with Crippen molar-refractivity contribution >= 4 is 28.9 Å². The van der Waals surface area contributed by atoms with Gasteiger partial charge in [0.2, 0.25) is 5.78 Å². The zero-order chi connectivity index (χ0) is 30.9. The van der Waals surface area contributed by atoms with Crippen LogP contribution in [0.3, 0.4) is 0 Å². The predicted molar refractivity (Wildman–Crippen MR) is 157 cm³/mol. The normalized spacial score (nSPS) is 28.9. The van der Waals surface area contributed by atoms with E-state index in [4.69, 9.17) is 5.73 Å². The number of nitrogens with one attached hydrogen (secondary N) is 1. The molecule has 0 bridgehead atoms. The Kier molecular flexibility index (Phi) is 7.44. The number of phenols is 1. The van der Waals surface area contributed by atoms with Crippen LogP contribution in [0.25, 0.3) is 5.76 Å². The summed E-state index contributed by atoms with van der Waals surface area (Å²) in [4.78, 5) is 43.0. The van der Waals surface area contributed by atoms with Gasteiger partial charge in [-0.2, -0.15) is 0 Å². The first-order valence-corrected chi connectivity index (χ1v) is 14.6. The van der Waals surface area contributed by atoms with E-state index in [2.05, 4.69) is 12.2 Å². The summed E-state index contributed by atoms with van der Waals surface area (Å²) >= 11 is 0. The van der Waals surface area contributed by atoms with Crippen LogP contribution in [0, 0.1) is 11.8 Å². The molecule has 0 radical (unpaired) electrons. The molecule has 0 heterocycles. The molecule has 4 aliphatic carbocycles. The number of anilines is 1. The molecule has 1 aromatic rings. The quantitative estimate of drug-likeness (QED) is 0.271. The van der Waals surface area contributed by atoms with Crippen molar-refractivity contribution in [2.24, 2.45) is 17.6 Å². The van der Waals surface area contributed by atoms with Crippen molar-refractivity contribution in [3.8, 4) is 5.75 Å². The van der Waals surface area contributed by atoms with Gasteiger partial charge in [-0.3, -0.25) is 19.3 Å². The van der Waals surface area contributed by atoms with Gasteiger partial charge >= 0.3 is 0 Å². The first-order chi connectivity index (χ1) is 19.6. The summed E-state index contributed by atoms with van der Waals surface area (Å²) in [6.07, 6.45) is 5.97. The summed E-state index contributed by atoms with van der Waals surface area (Å²) in [5, 5.41) is 49.3. The number of amides is 1. The van der Waals surface area contributed by atoms with E-state index in [0.29, 0.717) is 12.1 Å². The lowest BCUT2D eigenvalue weighted by atomic mass is 9.57. The minimum Gasteiger partial charge on any atom is -0.508 e. The maximum atomic E-state index is 14.1. The van der Waals surface area contributed by atoms with Crippen LogP contribution in [-0.4, -0.2) is 88.2 Å². The number of carbonyl (C=O) groups excluding carboxylic acids is 3. The largest absolute Gasteiger partial charge is 0.508 e. The zero-order valence-corrected chi connectivity index (χ0v) is 25.0. The van der Waals surface area contributed by atoms with Crippen LogP contribution in [0.4, 0.5) is 5.69 Å². The molecule has 11 heteroatoms. The SMILES string of the molecule is CN(C)c1c(CNC2(C)CCCCC2)cc(O)c2c1C[C@H]1C[C@H]3[C@H](N(C)C)C(=O)C(C(N)=O)=C(O)[C@@]3(O)C(=O)C1=C2O. The lowest BCUT2D eigenvalue weighted by molar-refractivity contribution is -0.153. The highest BCUT2D eigenvalue weighted by molar-refractivity contribution is 6.24. The Balaban J connectivity index is 1.64. The van der Waals surface area contributed by atoms with Crippen LogP contribution in [0.1, 0.15) is 62.1 Å². The monoisotopic (exact) mass is 582 g/mol. The lowest BCUT2D eigenvalue weighted by Crippen LogP contribution is -2.65. The van der Waals surface area contributed by atoms with Crippen LogP contribution < -0.4 is 16.0 Å². The van der Waals surface area contributed by atoms with E-state index < -0.39 is 58.0 Å². The fourth-order valence-corrected chi connectivity index (χ4v) is 7.88. The number of nitrogens with two attached hydrogens (primary N) is 1. The van der Waals surface area contributed by atoms with Crippen LogP contribution >= 0.6 is 0 Å². The van der Waals surface area contributed by atoms with Gasteiger partial charge < -0.3 is 36.4 Å². The Bertz CT molecular complexity index is 1420. The van der Waals surface area contributed by atoms with E-state index in [9.17, 15) is 34.8 Å². The van der Waals surface area contributed by atoms with Gasteiger partial charge in [-0.05, 0) is 69.8 Å². The van der Waals surface area contributed by atoms with Gasteiger partial charge in [0.1, 0.15) is 22.8 Å². The Labute approximate surface area is 245 Å². The molecule has 42 heavy (non-hydrogen) atoms. The van der Waals surface area contributed by atoms with Crippen molar-refractivity contribution in [3.63, 3.8) is 0 Å². The summed E-state index contributed by atoms with van der Waals surface area (Å²) < 4.78 is 0. The maximum absolute atomic E-state index is 14.1. The molecule has 2 saturated carbocycles. The number of aliphatic hydroxyl groups excluding tert-OH is 2. The third-order valence-corrected chi connectivity index (χ3v) is 9.88. The second-order valence-corrected chi connectivity index (χ2v) is 13.1. The van der Waals surface area contributed by atoms with E-state index in [0.717, 1.165) is 36.9 Å². The number of aromatic hydroxyl groups is 1.